The molecule has 1 unspecified atom stereocenters. The lowest BCUT2D eigenvalue weighted by molar-refractivity contribution is -0.125. The Labute approximate surface area is 216 Å². The number of piperazine rings is 1. The van der Waals surface area contributed by atoms with E-state index in [-0.39, 0.29) is 11.8 Å². The molecule has 4 heterocycles. The van der Waals surface area contributed by atoms with Gasteiger partial charge in [0.1, 0.15) is 5.75 Å². The van der Waals surface area contributed by atoms with E-state index in [1.807, 2.05) is 41.2 Å². The van der Waals surface area contributed by atoms with Gasteiger partial charge in [0, 0.05) is 63.9 Å². The largest absolute Gasteiger partial charge is 0.497 e. The molecule has 1 aromatic carbocycles. The fourth-order valence-corrected chi connectivity index (χ4v) is 5.80. The topological polar surface area (TPSA) is 78.8 Å². The smallest absolute Gasteiger partial charge is 0.224 e. The molecule has 1 amide bonds. The quantitative estimate of drug-likeness (QED) is 0.445. The molecule has 2 fully saturated rings. The first-order chi connectivity index (χ1) is 17.7. The van der Waals surface area contributed by atoms with Gasteiger partial charge in [-0.25, -0.2) is 0 Å². The van der Waals surface area contributed by atoms with E-state index in [1.54, 1.807) is 18.4 Å². The van der Waals surface area contributed by atoms with E-state index in [9.17, 15) is 4.79 Å². The maximum Gasteiger partial charge on any atom is 0.224 e. The summed E-state index contributed by atoms with van der Waals surface area (Å²) in [6.45, 7) is 7.51. The number of anilines is 2. The molecule has 3 aromatic rings. The van der Waals surface area contributed by atoms with Crippen molar-refractivity contribution in [3.05, 3.63) is 48.8 Å². The molecule has 5 rings (SSSR count). The fourth-order valence-electron chi connectivity index (χ4n) is 4.95. The van der Waals surface area contributed by atoms with Crippen LogP contribution in [-0.4, -0.2) is 85.0 Å². The number of benzene rings is 1. The van der Waals surface area contributed by atoms with Crippen molar-refractivity contribution in [2.45, 2.75) is 19.3 Å². The summed E-state index contributed by atoms with van der Waals surface area (Å²) in [6, 6.07) is 12.2. The molecular weight excluding hydrogens is 474 g/mol. The SMILES string of the molecule is COc1ccc(N2CCN(CCCNC(=O)C3CCCN(c4nnc(-n5cccc5)s4)C3)CC2)cc1. The molecule has 1 atom stereocenters. The van der Waals surface area contributed by atoms with E-state index in [0.29, 0.717) is 6.54 Å². The highest BCUT2D eigenvalue weighted by molar-refractivity contribution is 7.17. The van der Waals surface area contributed by atoms with Crippen LogP contribution < -0.4 is 19.9 Å². The number of hydrogen-bond acceptors (Lipinski definition) is 8. The molecule has 0 bridgehead atoms. The Bertz CT molecular complexity index is 1090. The van der Waals surface area contributed by atoms with Crippen LogP contribution >= 0.6 is 11.3 Å². The van der Waals surface area contributed by atoms with Crippen molar-refractivity contribution in [3.8, 4) is 10.9 Å². The average Bonchev–Trinajstić information content (AvgIpc) is 3.64. The molecule has 2 aliphatic heterocycles. The number of carbonyl (C=O) groups excluding carboxylic acids is 1. The lowest BCUT2D eigenvalue weighted by Crippen LogP contribution is -2.47. The van der Waals surface area contributed by atoms with Crippen molar-refractivity contribution in [3.63, 3.8) is 0 Å². The lowest BCUT2D eigenvalue weighted by atomic mass is 9.97. The highest BCUT2D eigenvalue weighted by Crippen LogP contribution is 2.28. The summed E-state index contributed by atoms with van der Waals surface area (Å²) in [7, 11) is 1.70. The Hall–Kier alpha value is -3.11. The van der Waals surface area contributed by atoms with Gasteiger partial charge in [0.15, 0.2) is 0 Å². The molecule has 192 valence electrons. The monoisotopic (exact) mass is 509 g/mol. The van der Waals surface area contributed by atoms with Crippen LogP contribution in [0.25, 0.3) is 5.13 Å². The van der Waals surface area contributed by atoms with Crippen LogP contribution in [0.3, 0.4) is 0 Å². The van der Waals surface area contributed by atoms with Crippen molar-refractivity contribution in [1.29, 1.82) is 0 Å². The third kappa shape index (κ3) is 5.99. The van der Waals surface area contributed by atoms with E-state index in [2.05, 4.69) is 42.3 Å². The number of aromatic nitrogens is 3. The van der Waals surface area contributed by atoms with Gasteiger partial charge in [-0.05, 0) is 62.2 Å². The molecule has 0 saturated carbocycles. The van der Waals surface area contributed by atoms with E-state index in [1.165, 1.54) is 5.69 Å². The van der Waals surface area contributed by atoms with Crippen LogP contribution in [0.1, 0.15) is 19.3 Å². The second-order valence-electron chi connectivity index (χ2n) is 9.41. The fraction of sp³-hybridized carbons (Fsp3) is 0.500. The highest BCUT2D eigenvalue weighted by Gasteiger charge is 2.27. The second-order valence-corrected chi connectivity index (χ2v) is 10.3. The summed E-state index contributed by atoms with van der Waals surface area (Å²) in [5.74, 6) is 1.06. The average molecular weight is 510 g/mol. The number of piperidine rings is 1. The van der Waals surface area contributed by atoms with Gasteiger partial charge in [-0.3, -0.25) is 14.3 Å². The minimum absolute atomic E-state index is 0.00530. The van der Waals surface area contributed by atoms with E-state index < -0.39 is 0 Å². The molecule has 1 N–H and O–H groups in total. The van der Waals surface area contributed by atoms with Crippen molar-refractivity contribution in [2.24, 2.45) is 5.92 Å². The van der Waals surface area contributed by atoms with E-state index in [0.717, 1.165) is 81.1 Å². The van der Waals surface area contributed by atoms with Crippen LogP contribution in [0.5, 0.6) is 5.75 Å². The van der Waals surface area contributed by atoms with Gasteiger partial charge in [-0.1, -0.05) is 11.3 Å². The van der Waals surface area contributed by atoms with Gasteiger partial charge in [0.25, 0.3) is 0 Å². The molecule has 10 heteroatoms. The first kappa shape index (κ1) is 24.6. The van der Waals surface area contributed by atoms with Gasteiger partial charge in [-0.2, -0.15) is 0 Å². The first-order valence-electron chi connectivity index (χ1n) is 12.8. The Balaban J connectivity index is 1.01. The summed E-state index contributed by atoms with van der Waals surface area (Å²) in [4.78, 5) is 20.0. The van der Waals surface area contributed by atoms with Crippen LogP contribution in [0, 0.1) is 5.92 Å². The van der Waals surface area contributed by atoms with Gasteiger partial charge in [-0.15, -0.1) is 10.2 Å². The van der Waals surface area contributed by atoms with Crippen molar-refractivity contribution >= 4 is 28.1 Å². The molecule has 2 aromatic heterocycles. The van der Waals surface area contributed by atoms with Gasteiger partial charge in [0.2, 0.25) is 16.2 Å². The van der Waals surface area contributed by atoms with Crippen LogP contribution in [0.2, 0.25) is 0 Å². The summed E-state index contributed by atoms with van der Waals surface area (Å²) in [5, 5.41) is 13.6. The van der Waals surface area contributed by atoms with Crippen LogP contribution in [0.4, 0.5) is 10.8 Å². The highest BCUT2D eigenvalue weighted by atomic mass is 32.1. The Kier molecular flexibility index (Phi) is 8.02. The normalized spacial score (nSPS) is 18.9. The molecule has 36 heavy (non-hydrogen) atoms. The standard InChI is InChI=1S/C26H35N7O2S/c1-35-23-9-7-22(8-10-23)31-18-16-30(17-19-31)12-5-11-27-24(34)21-6-4-15-33(20-21)26-29-28-25(36-26)32-13-2-3-14-32/h2-3,7-10,13-14,21H,4-6,11-12,15-20H2,1H3,(H,27,34). The number of ether oxygens (including phenoxy) is 1. The molecular formula is C26H35N7O2S. The molecule has 0 spiro atoms. The predicted molar refractivity (Wildman–Crippen MR) is 143 cm³/mol. The maximum atomic E-state index is 12.9. The van der Waals surface area contributed by atoms with E-state index in [4.69, 9.17) is 4.74 Å². The Morgan fingerprint density at radius 2 is 1.78 bits per heavy atom. The number of methoxy groups -OCH3 is 1. The molecule has 2 aliphatic rings. The zero-order valence-electron chi connectivity index (χ0n) is 20.9. The van der Waals surface area contributed by atoms with Crippen molar-refractivity contribution in [2.75, 3.05) is 69.3 Å². The molecule has 9 nitrogen and oxygen atoms in total. The van der Waals surface area contributed by atoms with Crippen molar-refractivity contribution in [1.82, 2.24) is 25.0 Å². The third-order valence-electron chi connectivity index (χ3n) is 7.05. The summed E-state index contributed by atoms with van der Waals surface area (Å²) < 4.78 is 7.22. The maximum absolute atomic E-state index is 12.9. The number of rotatable bonds is 9. The number of nitrogens with one attached hydrogen (secondary N) is 1. The third-order valence-corrected chi connectivity index (χ3v) is 8.05. The number of hydrogen-bond donors (Lipinski definition) is 1. The summed E-state index contributed by atoms with van der Waals surface area (Å²) >= 11 is 1.57. The number of amides is 1. The Morgan fingerprint density at radius 1 is 1.03 bits per heavy atom. The predicted octanol–water partition coefficient (Wildman–Crippen LogP) is 2.88. The minimum atomic E-state index is 0.00530. The van der Waals surface area contributed by atoms with E-state index >= 15 is 0 Å². The van der Waals surface area contributed by atoms with Gasteiger partial charge >= 0.3 is 0 Å². The summed E-state index contributed by atoms with van der Waals surface area (Å²) in [6.07, 6.45) is 6.84. The zero-order chi connectivity index (χ0) is 24.7. The second kappa shape index (κ2) is 11.7. The van der Waals surface area contributed by atoms with Crippen molar-refractivity contribution < 1.29 is 9.53 Å². The minimum Gasteiger partial charge on any atom is -0.497 e. The molecule has 2 saturated heterocycles. The van der Waals surface area contributed by atoms with Gasteiger partial charge in [0.05, 0.1) is 13.0 Å². The number of nitrogens with zero attached hydrogens (tertiary/aromatic N) is 6. The molecule has 0 radical (unpaired) electrons. The first-order valence-corrected chi connectivity index (χ1v) is 13.6. The van der Waals surface area contributed by atoms with Gasteiger partial charge < -0.3 is 19.9 Å². The summed E-state index contributed by atoms with van der Waals surface area (Å²) in [5.41, 5.74) is 1.25. The Morgan fingerprint density at radius 3 is 2.53 bits per heavy atom. The zero-order valence-corrected chi connectivity index (χ0v) is 21.7. The number of carbonyl (C=O) groups is 1. The molecule has 0 aliphatic carbocycles. The van der Waals surface area contributed by atoms with Crippen LogP contribution in [-0.2, 0) is 4.79 Å². The van der Waals surface area contributed by atoms with Crippen LogP contribution in [0.15, 0.2) is 48.8 Å². The lowest BCUT2D eigenvalue weighted by Gasteiger charge is -2.36.